The first-order chi connectivity index (χ1) is 9.29. The number of nitrogens with zero attached hydrogens (tertiary/aromatic N) is 2. The van der Waals surface area contributed by atoms with Crippen LogP contribution < -0.4 is 5.32 Å². The van der Waals surface area contributed by atoms with Crippen molar-refractivity contribution in [3.05, 3.63) is 41.3 Å². The van der Waals surface area contributed by atoms with Crippen LogP contribution in [0.4, 0.5) is 10.2 Å². The zero-order valence-corrected chi connectivity index (χ0v) is 11.6. The van der Waals surface area contributed by atoms with Crippen LogP contribution in [-0.2, 0) is 12.8 Å². The summed E-state index contributed by atoms with van der Waals surface area (Å²) in [4.78, 5) is 0. The molecule has 0 radical (unpaired) electrons. The fraction of sp³-hybridized carbons (Fsp3) is 0.357. The number of benzene rings is 1. The van der Waals surface area contributed by atoms with Gasteiger partial charge in [-0.15, -0.1) is 0 Å². The van der Waals surface area contributed by atoms with Gasteiger partial charge in [0.2, 0.25) is 0 Å². The van der Waals surface area contributed by atoms with E-state index in [1.807, 2.05) is 16.4 Å². The summed E-state index contributed by atoms with van der Waals surface area (Å²) in [6, 6.07) is 6.47. The summed E-state index contributed by atoms with van der Waals surface area (Å²) >= 11 is 1.83. The molecule has 1 aromatic carbocycles. The van der Waals surface area contributed by atoms with Crippen molar-refractivity contribution >= 4 is 17.6 Å². The molecular weight excluding hydrogens is 261 g/mol. The summed E-state index contributed by atoms with van der Waals surface area (Å²) in [6.07, 6.45) is 4.12. The van der Waals surface area contributed by atoms with Gasteiger partial charge in [0, 0.05) is 18.5 Å². The number of anilines is 1. The van der Waals surface area contributed by atoms with Gasteiger partial charge >= 0.3 is 0 Å². The molecule has 0 saturated heterocycles. The monoisotopic (exact) mass is 277 g/mol. The van der Waals surface area contributed by atoms with E-state index in [4.69, 9.17) is 0 Å². The van der Waals surface area contributed by atoms with E-state index in [1.54, 1.807) is 12.1 Å². The Balaban J connectivity index is 1.99. The van der Waals surface area contributed by atoms with Gasteiger partial charge in [-0.25, -0.2) is 9.07 Å². The maximum atomic E-state index is 13.0. The first-order valence-electron chi connectivity index (χ1n) is 6.39. The number of nitrogens with one attached hydrogen (secondary N) is 1. The molecule has 0 amide bonds. The molecule has 2 aromatic rings. The Labute approximate surface area is 116 Å². The lowest BCUT2D eigenvalue weighted by atomic mass is 10.2. The third-order valence-corrected chi connectivity index (χ3v) is 3.96. The molecule has 5 heteroatoms. The maximum Gasteiger partial charge on any atom is 0.133 e. The molecule has 2 heterocycles. The van der Waals surface area contributed by atoms with Crippen LogP contribution >= 0.6 is 11.8 Å². The third-order valence-electron chi connectivity index (χ3n) is 3.35. The van der Waals surface area contributed by atoms with Crippen LogP contribution in [0.15, 0.2) is 24.3 Å². The number of aryl methyl sites for hydroxylation is 1. The molecule has 0 aliphatic carbocycles. The fourth-order valence-electron chi connectivity index (χ4n) is 2.41. The molecule has 19 heavy (non-hydrogen) atoms. The van der Waals surface area contributed by atoms with Crippen molar-refractivity contribution in [2.24, 2.45) is 0 Å². The Hall–Kier alpha value is -1.49. The highest BCUT2D eigenvalue weighted by Gasteiger charge is 2.22. The van der Waals surface area contributed by atoms with Gasteiger partial charge in [0.05, 0.1) is 11.4 Å². The molecule has 100 valence electrons. The van der Waals surface area contributed by atoms with Crippen molar-refractivity contribution in [2.75, 3.05) is 23.9 Å². The van der Waals surface area contributed by atoms with E-state index in [2.05, 4.69) is 16.7 Å². The molecular formula is C14H16FN3S. The van der Waals surface area contributed by atoms with Crippen LogP contribution in [0.25, 0.3) is 5.69 Å². The second kappa shape index (κ2) is 5.25. The topological polar surface area (TPSA) is 29.9 Å². The molecule has 0 spiro atoms. The molecule has 1 N–H and O–H groups in total. The second-order valence-electron chi connectivity index (χ2n) is 4.58. The zero-order chi connectivity index (χ0) is 13.2. The Kier molecular flexibility index (Phi) is 3.46. The summed E-state index contributed by atoms with van der Waals surface area (Å²) < 4.78 is 14.9. The van der Waals surface area contributed by atoms with Crippen molar-refractivity contribution in [1.82, 2.24) is 9.78 Å². The minimum atomic E-state index is -0.219. The fourth-order valence-corrected chi connectivity index (χ4v) is 2.81. The molecule has 1 aliphatic heterocycles. The largest absolute Gasteiger partial charge is 0.369 e. The number of fused-ring (bicyclic) bond motifs is 1. The number of hydrogen-bond acceptors (Lipinski definition) is 3. The lowest BCUT2D eigenvalue weighted by Crippen LogP contribution is -2.05. The molecule has 3 nitrogen and oxygen atoms in total. The Morgan fingerprint density at radius 3 is 2.89 bits per heavy atom. The van der Waals surface area contributed by atoms with E-state index < -0.39 is 0 Å². The molecule has 0 unspecified atom stereocenters. The minimum Gasteiger partial charge on any atom is -0.369 e. The summed E-state index contributed by atoms with van der Waals surface area (Å²) in [5, 5.41) is 8.07. The van der Waals surface area contributed by atoms with E-state index in [9.17, 15) is 4.39 Å². The molecule has 3 rings (SSSR count). The zero-order valence-electron chi connectivity index (χ0n) is 10.8. The quantitative estimate of drug-likeness (QED) is 0.932. The molecule has 1 aromatic heterocycles. The predicted molar refractivity (Wildman–Crippen MR) is 77.8 cm³/mol. The predicted octanol–water partition coefficient (Wildman–Crippen LogP) is 2.88. The number of rotatable bonds is 4. The highest BCUT2D eigenvalue weighted by atomic mass is 32.2. The van der Waals surface area contributed by atoms with E-state index >= 15 is 0 Å². The summed E-state index contributed by atoms with van der Waals surface area (Å²) in [6.45, 7) is 0.959. The normalized spacial score (nSPS) is 13.4. The van der Waals surface area contributed by atoms with Gasteiger partial charge < -0.3 is 5.32 Å². The first-order valence-corrected chi connectivity index (χ1v) is 7.78. The number of aromatic nitrogens is 2. The van der Waals surface area contributed by atoms with Crippen molar-refractivity contribution in [3.63, 3.8) is 0 Å². The highest BCUT2D eigenvalue weighted by Crippen LogP contribution is 2.29. The second-order valence-corrected chi connectivity index (χ2v) is 5.57. The number of hydrogen-bond donors (Lipinski definition) is 1. The van der Waals surface area contributed by atoms with Gasteiger partial charge in [0.25, 0.3) is 0 Å². The SMILES string of the molecule is CSCCc1nn(-c2ccc(F)cc2)c2c1CCN2. The van der Waals surface area contributed by atoms with Crippen LogP contribution in [0.5, 0.6) is 0 Å². The van der Waals surface area contributed by atoms with E-state index in [0.717, 1.165) is 36.6 Å². The average Bonchev–Trinajstić information content (AvgIpc) is 3.00. The minimum absolute atomic E-state index is 0.219. The Morgan fingerprint density at radius 2 is 2.16 bits per heavy atom. The summed E-state index contributed by atoms with van der Waals surface area (Å²) in [7, 11) is 0. The standard InChI is InChI=1S/C14H16FN3S/c1-19-9-7-13-12-6-8-16-14(12)18(17-13)11-4-2-10(15)3-5-11/h2-5,16H,6-9H2,1H3. The Morgan fingerprint density at radius 1 is 1.37 bits per heavy atom. The smallest absolute Gasteiger partial charge is 0.133 e. The van der Waals surface area contributed by atoms with Crippen LogP contribution in [0.3, 0.4) is 0 Å². The molecule has 0 fully saturated rings. The van der Waals surface area contributed by atoms with Crippen LogP contribution in [-0.4, -0.2) is 28.3 Å². The number of halogens is 1. The number of thioether (sulfide) groups is 1. The summed E-state index contributed by atoms with van der Waals surface area (Å²) in [5.41, 5.74) is 3.39. The van der Waals surface area contributed by atoms with Crippen molar-refractivity contribution in [3.8, 4) is 5.69 Å². The first kappa shape index (κ1) is 12.5. The average molecular weight is 277 g/mol. The van der Waals surface area contributed by atoms with Gasteiger partial charge in [-0.05, 0) is 42.7 Å². The van der Waals surface area contributed by atoms with Crippen LogP contribution in [0, 0.1) is 5.82 Å². The lowest BCUT2D eigenvalue weighted by Gasteiger charge is -2.06. The van der Waals surface area contributed by atoms with Gasteiger partial charge in [-0.2, -0.15) is 16.9 Å². The third kappa shape index (κ3) is 2.34. The van der Waals surface area contributed by atoms with Crippen molar-refractivity contribution in [2.45, 2.75) is 12.8 Å². The molecule has 0 bridgehead atoms. The van der Waals surface area contributed by atoms with Gasteiger partial charge in [-0.3, -0.25) is 0 Å². The van der Waals surface area contributed by atoms with E-state index in [1.165, 1.54) is 23.4 Å². The summed E-state index contributed by atoms with van der Waals surface area (Å²) in [5.74, 6) is 1.93. The van der Waals surface area contributed by atoms with Crippen molar-refractivity contribution in [1.29, 1.82) is 0 Å². The lowest BCUT2D eigenvalue weighted by molar-refractivity contribution is 0.627. The van der Waals surface area contributed by atoms with E-state index in [-0.39, 0.29) is 5.82 Å². The van der Waals surface area contributed by atoms with Gasteiger partial charge in [-0.1, -0.05) is 0 Å². The van der Waals surface area contributed by atoms with Crippen molar-refractivity contribution < 1.29 is 4.39 Å². The highest BCUT2D eigenvalue weighted by molar-refractivity contribution is 7.98. The van der Waals surface area contributed by atoms with Gasteiger partial charge in [0.15, 0.2) is 0 Å². The van der Waals surface area contributed by atoms with Crippen LogP contribution in [0.2, 0.25) is 0 Å². The molecule has 1 aliphatic rings. The molecule has 0 saturated carbocycles. The van der Waals surface area contributed by atoms with Gasteiger partial charge in [0.1, 0.15) is 11.6 Å². The van der Waals surface area contributed by atoms with Crippen LogP contribution in [0.1, 0.15) is 11.3 Å². The Bertz CT molecular complexity index is 577. The van der Waals surface area contributed by atoms with E-state index in [0.29, 0.717) is 0 Å². The maximum absolute atomic E-state index is 13.0. The molecule has 0 atom stereocenters.